The number of carbonyl (C=O) groups excluding carboxylic acids is 4. The van der Waals surface area contributed by atoms with Gasteiger partial charge in [-0.15, -0.1) is 0 Å². The molecule has 1 heterocycles. The summed E-state index contributed by atoms with van der Waals surface area (Å²) < 4.78 is 0. The summed E-state index contributed by atoms with van der Waals surface area (Å²) in [5.74, 6) is -4.35. The molecule has 0 radical (unpaired) electrons. The summed E-state index contributed by atoms with van der Waals surface area (Å²) in [6.07, 6.45) is 1.46. The minimum Gasteiger partial charge on any atom is -0.480 e. The summed E-state index contributed by atoms with van der Waals surface area (Å²) in [6.45, 7) is 2.91. The summed E-state index contributed by atoms with van der Waals surface area (Å²) in [4.78, 5) is 63.9. The van der Waals surface area contributed by atoms with Crippen LogP contribution in [0, 0.1) is 5.92 Å². The molecule has 35 heavy (non-hydrogen) atoms. The number of carboxylic acid groups (broad SMARTS) is 1. The molecule has 0 aliphatic rings. The fraction of sp³-hybridized carbons (Fsp3) is 0.435. The predicted octanol–water partition coefficient (Wildman–Crippen LogP) is -0.870. The van der Waals surface area contributed by atoms with Crippen molar-refractivity contribution >= 4 is 40.5 Å². The number of H-pyrrole nitrogens is 1. The number of fused-ring (bicyclic) bond motifs is 1. The lowest BCUT2D eigenvalue weighted by atomic mass is 10.0. The van der Waals surface area contributed by atoms with Crippen molar-refractivity contribution in [2.24, 2.45) is 17.4 Å². The third-order valence-electron chi connectivity index (χ3n) is 5.48. The normalized spacial score (nSPS) is 13.6. The minimum absolute atomic E-state index is 0.0411. The zero-order valence-corrected chi connectivity index (χ0v) is 19.7. The van der Waals surface area contributed by atoms with Crippen LogP contribution in [0.2, 0.25) is 0 Å². The molecule has 0 bridgehead atoms. The number of nitrogens with two attached hydrogens (primary N) is 2. The summed E-state index contributed by atoms with van der Waals surface area (Å²) in [7, 11) is 0. The average molecular weight is 489 g/mol. The van der Waals surface area contributed by atoms with Crippen LogP contribution in [0.3, 0.4) is 0 Å². The number of amides is 4. The first-order valence-electron chi connectivity index (χ1n) is 11.2. The zero-order valence-electron chi connectivity index (χ0n) is 19.7. The predicted molar refractivity (Wildman–Crippen MR) is 128 cm³/mol. The number of benzene rings is 1. The van der Waals surface area contributed by atoms with Crippen molar-refractivity contribution in [2.75, 3.05) is 6.54 Å². The molecule has 2 rings (SSSR count). The Balaban J connectivity index is 2.32. The second-order valence-corrected chi connectivity index (χ2v) is 8.52. The van der Waals surface area contributed by atoms with E-state index in [1.165, 1.54) is 0 Å². The number of aliphatic carboxylic acids is 1. The highest BCUT2D eigenvalue weighted by Crippen LogP contribution is 2.19. The number of primary amides is 1. The van der Waals surface area contributed by atoms with Crippen LogP contribution in [0.5, 0.6) is 0 Å². The van der Waals surface area contributed by atoms with Gasteiger partial charge >= 0.3 is 5.97 Å². The Morgan fingerprint density at radius 2 is 1.66 bits per heavy atom. The number of carbonyl (C=O) groups is 5. The van der Waals surface area contributed by atoms with Crippen LogP contribution in [0.15, 0.2) is 30.5 Å². The van der Waals surface area contributed by atoms with Crippen LogP contribution < -0.4 is 27.4 Å². The van der Waals surface area contributed by atoms with Gasteiger partial charge in [0.05, 0.1) is 6.54 Å². The fourth-order valence-electron chi connectivity index (χ4n) is 3.58. The Morgan fingerprint density at radius 3 is 2.26 bits per heavy atom. The van der Waals surface area contributed by atoms with Gasteiger partial charge in [-0.3, -0.25) is 19.2 Å². The molecule has 190 valence electrons. The molecule has 12 heteroatoms. The highest BCUT2D eigenvalue weighted by Gasteiger charge is 2.31. The van der Waals surface area contributed by atoms with Gasteiger partial charge in [0.2, 0.25) is 23.6 Å². The Morgan fingerprint density at radius 1 is 1.00 bits per heavy atom. The number of aromatic amines is 1. The lowest BCUT2D eigenvalue weighted by molar-refractivity contribution is -0.143. The topological polar surface area (TPSA) is 210 Å². The lowest BCUT2D eigenvalue weighted by Gasteiger charge is -2.25. The smallest absolute Gasteiger partial charge is 0.326 e. The van der Waals surface area contributed by atoms with Crippen LogP contribution in [-0.2, 0) is 30.4 Å². The summed E-state index contributed by atoms with van der Waals surface area (Å²) >= 11 is 0. The Labute approximate surface area is 202 Å². The van der Waals surface area contributed by atoms with Crippen LogP contribution >= 0.6 is 0 Å². The Bertz CT molecular complexity index is 1080. The summed E-state index contributed by atoms with van der Waals surface area (Å²) in [6, 6.07) is 3.86. The highest BCUT2D eigenvalue weighted by atomic mass is 16.4. The van der Waals surface area contributed by atoms with E-state index in [1.807, 2.05) is 24.3 Å². The third kappa shape index (κ3) is 7.81. The molecule has 0 fully saturated rings. The van der Waals surface area contributed by atoms with Gasteiger partial charge < -0.3 is 37.5 Å². The molecule has 1 aromatic heterocycles. The first-order chi connectivity index (χ1) is 16.5. The van der Waals surface area contributed by atoms with Gasteiger partial charge in [0.1, 0.15) is 18.1 Å². The van der Waals surface area contributed by atoms with Gasteiger partial charge in [-0.2, -0.15) is 0 Å². The molecule has 12 nitrogen and oxygen atoms in total. The van der Waals surface area contributed by atoms with Crippen molar-refractivity contribution in [3.05, 3.63) is 36.0 Å². The number of hydrogen-bond acceptors (Lipinski definition) is 6. The molecule has 0 spiro atoms. The van der Waals surface area contributed by atoms with E-state index < -0.39 is 53.6 Å². The zero-order chi connectivity index (χ0) is 26.1. The first kappa shape index (κ1) is 27.3. The Hall–Kier alpha value is -3.93. The van der Waals surface area contributed by atoms with E-state index in [2.05, 4.69) is 20.9 Å². The van der Waals surface area contributed by atoms with Crippen molar-refractivity contribution in [1.29, 1.82) is 0 Å². The highest BCUT2D eigenvalue weighted by molar-refractivity contribution is 5.94. The average Bonchev–Trinajstić information content (AvgIpc) is 3.21. The molecule has 4 amide bonds. The third-order valence-corrected chi connectivity index (χ3v) is 5.48. The number of rotatable bonds is 13. The molecule has 3 unspecified atom stereocenters. The standard InChI is InChI=1S/C23H32N6O6/c1-12(2)20(23(34)35)29-22(33)17(9-13-11-26-15-6-4-3-5-14(13)15)28-21(32)16(7-8-18(25)30)27-19(31)10-24/h3-6,11-12,16-17,20,26H,7-10,24H2,1-2H3,(H2,25,30)(H,27,31)(H,28,32)(H,29,33)(H,34,35). The van der Waals surface area contributed by atoms with Gasteiger partial charge in [-0.25, -0.2) is 4.79 Å². The molecule has 0 saturated carbocycles. The maximum atomic E-state index is 13.1. The van der Waals surface area contributed by atoms with Crippen molar-refractivity contribution in [1.82, 2.24) is 20.9 Å². The van der Waals surface area contributed by atoms with Gasteiger partial charge in [0.25, 0.3) is 0 Å². The van der Waals surface area contributed by atoms with Crippen LogP contribution in [-0.4, -0.2) is 64.4 Å². The Kier molecular flexibility index (Phi) is 9.76. The number of hydrogen-bond donors (Lipinski definition) is 7. The maximum Gasteiger partial charge on any atom is 0.326 e. The number of carboxylic acids is 1. The van der Waals surface area contributed by atoms with Crippen molar-refractivity contribution in [2.45, 2.75) is 51.2 Å². The van der Waals surface area contributed by atoms with E-state index in [-0.39, 0.29) is 25.8 Å². The lowest BCUT2D eigenvalue weighted by Crippen LogP contribution is -2.57. The van der Waals surface area contributed by atoms with Crippen LogP contribution in [0.25, 0.3) is 10.9 Å². The number of para-hydroxylation sites is 1. The molecular formula is C23H32N6O6. The SMILES string of the molecule is CC(C)C(NC(=O)C(Cc1c[nH]c2ccccc12)NC(=O)C(CCC(N)=O)NC(=O)CN)C(=O)O. The molecular weight excluding hydrogens is 456 g/mol. The van der Waals surface area contributed by atoms with Gasteiger partial charge in [0.15, 0.2) is 0 Å². The van der Waals surface area contributed by atoms with Crippen LogP contribution in [0.1, 0.15) is 32.3 Å². The van der Waals surface area contributed by atoms with E-state index >= 15 is 0 Å². The largest absolute Gasteiger partial charge is 0.480 e. The van der Waals surface area contributed by atoms with Crippen LogP contribution in [0.4, 0.5) is 0 Å². The van der Waals surface area contributed by atoms with Crippen molar-refractivity contribution < 1.29 is 29.1 Å². The monoisotopic (exact) mass is 488 g/mol. The summed E-state index contributed by atoms with van der Waals surface area (Å²) in [5.41, 5.74) is 12.0. The van der Waals surface area contributed by atoms with E-state index in [0.29, 0.717) is 0 Å². The fourth-order valence-corrected chi connectivity index (χ4v) is 3.58. The number of nitrogens with one attached hydrogen (secondary N) is 4. The minimum atomic E-state index is -1.21. The molecule has 0 aliphatic heterocycles. The van der Waals surface area contributed by atoms with Gasteiger partial charge in [-0.05, 0) is 24.0 Å². The quantitative estimate of drug-likeness (QED) is 0.189. The van der Waals surface area contributed by atoms with Gasteiger partial charge in [0, 0.05) is 29.9 Å². The van der Waals surface area contributed by atoms with Crippen molar-refractivity contribution in [3.8, 4) is 0 Å². The van der Waals surface area contributed by atoms with Gasteiger partial charge in [-0.1, -0.05) is 32.0 Å². The molecule has 2 aromatic rings. The van der Waals surface area contributed by atoms with E-state index in [0.717, 1.165) is 16.5 Å². The molecule has 3 atom stereocenters. The first-order valence-corrected chi connectivity index (χ1v) is 11.2. The second-order valence-electron chi connectivity index (χ2n) is 8.52. The molecule has 1 aromatic carbocycles. The van der Waals surface area contributed by atoms with E-state index in [4.69, 9.17) is 11.5 Å². The second kappa shape index (κ2) is 12.5. The summed E-state index contributed by atoms with van der Waals surface area (Å²) in [5, 5.41) is 17.8. The molecule has 0 saturated heterocycles. The van der Waals surface area contributed by atoms with E-state index in [1.54, 1.807) is 20.0 Å². The molecule has 9 N–H and O–H groups in total. The number of aromatic nitrogens is 1. The van der Waals surface area contributed by atoms with Crippen molar-refractivity contribution in [3.63, 3.8) is 0 Å². The maximum absolute atomic E-state index is 13.1. The van der Waals surface area contributed by atoms with E-state index in [9.17, 15) is 29.1 Å². The molecule has 0 aliphatic carbocycles.